The normalized spacial score (nSPS) is 21.0. The van der Waals surface area contributed by atoms with E-state index in [9.17, 15) is 9.59 Å². The molecule has 0 saturated carbocycles. The molecule has 0 aliphatic carbocycles. The Morgan fingerprint density at radius 1 is 1.48 bits per heavy atom. The Balaban J connectivity index is 1.81. The number of piperidine rings is 1. The second kappa shape index (κ2) is 6.28. The number of rotatable bonds is 4. The van der Waals surface area contributed by atoms with Gasteiger partial charge < -0.3 is 15.6 Å². The lowest BCUT2D eigenvalue weighted by Crippen LogP contribution is -2.50. The number of amides is 2. The van der Waals surface area contributed by atoms with Gasteiger partial charge in [0.2, 0.25) is 5.91 Å². The Bertz CT molecular complexity index is 718. The van der Waals surface area contributed by atoms with Crippen LogP contribution in [0.3, 0.4) is 0 Å². The number of hydrogen-bond acceptors (Lipinski definition) is 3. The second-order valence-corrected chi connectivity index (χ2v) is 5.77. The maximum absolute atomic E-state index is 12.6. The maximum Gasteiger partial charge on any atom is 0.253 e. The van der Waals surface area contributed by atoms with Crippen LogP contribution < -0.4 is 10.6 Å². The zero-order valence-electron chi connectivity index (χ0n) is 13.3. The van der Waals surface area contributed by atoms with Gasteiger partial charge in [0, 0.05) is 31.6 Å². The van der Waals surface area contributed by atoms with Crippen LogP contribution in [0.15, 0.2) is 24.5 Å². The van der Waals surface area contributed by atoms with E-state index in [-0.39, 0.29) is 23.9 Å². The monoisotopic (exact) mass is 315 g/mol. The lowest BCUT2D eigenvalue weighted by Gasteiger charge is -2.32. The Morgan fingerprint density at radius 3 is 3.00 bits per heavy atom. The van der Waals surface area contributed by atoms with E-state index in [1.165, 1.54) is 0 Å². The van der Waals surface area contributed by atoms with Crippen LogP contribution in [0, 0.1) is 0 Å². The highest BCUT2D eigenvalue weighted by Gasteiger charge is 2.33. The van der Waals surface area contributed by atoms with Gasteiger partial charge in [-0.25, -0.2) is 0 Å². The van der Waals surface area contributed by atoms with Crippen LogP contribution in [0.1, 0.15) is 47.6 Å². The molecular formula is C16H21N5O2. The van der Waals surface area contributed by atoms with Crippen molar-refractivity contribution in [2.75, 3.05) is 0 Å². The Kier molecular flexibility index (Phi) is 4.18. The van der Waals surface area contributed by atoms with Gasteiger partial charge in [-0.05, 0) is 25.0 Å². The van der Waals surface area contributed by atoms with Crippen molar-refractivity contribution in [3.63, 3.8) is 0 Å². The van der Waals surface area contributed by atoms with Gasteiger partial charge in [0.25, 0.3) is 5.91 Å². The van der Waals surface area contributed by atoms with Crippen molar-refractivity contribution in [1.29, 1.82) is 0 Å². The van der Waals surface area contributed by atoms with Gasteiger partial charge in [-0.2, -0.15) is 5.10 Å². The smallest absolute Gasteiger partial charge is 0.253 e. The molecule has 2 amide bonds. The fourth-order valence-electron chi connectivity index (χ4n) is 3.08. The number of nitrogens with one attached hydrogen (secondary N) is 3. The number of aromatic nitrogens is 3. The zero-order chi connectivity index (χ0) is 16.4. The molecule has 0 spiro atoms. The lowest BCUT2D eigenvalue weighted by atomic mass is 9.95. The minimum Gasteiger partial charge on any atom is -0.364 e. The van der Waals surface area contributed by atoms with E-state index in [1.54, 1.807) is 23.1 Å². The minimum atomic E-state index is -0.267. The predicted octanol–water partition coefficient (Wildman–Crippen LogP) is 1.06. The molecule has 1 fully saturated rings. The van der Waals surface area contributed by atoms with Gasteiger partial charge in [0.1, 0.15) is 0 Å². The standard InChI is InChI=1S/C16H21N5O2/c1-3-11-10(6-8-17-11)16(23)19-12-4-5-14(22)20-15(12)13-7-9-18-21(13)2/h6-9,12,15,17H,3-5H2,1-2H3,(H,19,23)(H,20,22)/t12-,15-/m1/s1. The van der Waals surface area contributed by atoms with E-state index in [1.807, 2.05) is 20.0 Å². The number of aromatic amines is 1. The summed E-state index contributed by atoms with van der Waals surface area (Å²) in [5.41, 5.74) is 2.46. The fourth-order valence-corrected chi connectivity index (χ4v) is 3.08. The largest absolute Gasteiger partial charge is 0.364 e. The third-order valence-corrected chi connectivity index (χ3v) is 4.33. The summed E-state index contributed by atoms with van der Waals surface area (Å²) in [5.74, 6) is -0.117. The summed E-state index contributed by atoms with van der Waals surface area (Å²) >= 11 is 0. The third kappa shape index (κ3) is 2.99. The highest BCUT2D eigenvalue weighted by molar-refractivity contribution is 5.95. The molecule has 3 rings (SSSR count). The average Bonchev–Trinajstić information content (AvgIpc) is 3.17. The summed E-state index contributed by atoms with van der Waals surface area (Å²) in [6.45, 7) is 2.00. The van der Waals surface area contributed by atoms with E-state index in [0.29, 0.717) is 18.4 Å². The van der Waals surface area contributed by atoms with Crippen molar-refractivity contribution in [3.8, 4) is 0 Å². The topological polar surface area (TPSA) is 91.8 Å². The molecule has 1 saturated heterocycles. The highest BCUT2D eigenvalue weighted by atomic mass is 16.2. The molecule has 0 unspecified atom stereocenters. The van der Waals surface area contributed by atoms with E-state index in [0.717, 1.165) is 17.8 Å². The van der Waals surface area contributed by atoms with Crippen LogP contribution in [-0.4, -0.2) is 32.6 Å². The summed E-state index contributed by atoms with van der Waals surface area (Å²) in [4.78, 5) is 27.4. The van der Waals surface area contributed by atoms with Crippen LogP contribution >= 0.6 is 0 Å². The molecule has 2 aromatic rings. The van der Waals surface area contributed by atoms with Gasteiger partial charge >= 0.3 is 0 Å². The summed E-state index contributed by atoms with van der Waals surface area (Å²) in [6.07, 6.45) is 5.25. The Morgan fingerprint density at radius 2 is 2.30 bits per heavy atom. The molecule has 2 aromatic heterocycles. The summed E-state index contributed by atoms with van der Waals surface area (Å²) in [6, 6.07) is 3.23. The lowest BCUT2D eigenvalue weighted by molar-refractivity contribution is -0.123. The molecule has 23 heavy (non-hydrogen) atoms. The van der Waals surface area contributed by atoms with Gasteiger partial charge in [0.15, 0.2) is 0 Å². The molecule has 7 heteroatoms. The molecule has 0 bridgehead atoms. The van der Waals surface area contributed by atoms with Crippen molar-refractivity contribution in [2.24, 2.45) is 7.05 Å². The highest BCUT2D eigenvalue weighted by Crippen LogP contribution is 2.24. The maximum atomic E-state index is 12.6. The van der Waals surface area contributed by atoms with Crippen molar-refractivity contribution >= 4 is 11.8 Å². The molecule has 122 valence electrons. The first kappa shape index (κ1) is 15.3. The Labute approximate surface area is 134 Å². The fraction of sp³-hybridized carbons (Fsp3) is 0.438. The first-order valence-corrected chi connectivity index (χ1v) is 7.84. The summed E-state index contributed by atoms with van der Waals surface area (Å²) in [5, 5.41) is 10.2. The molecule has 2 atom stereocenters. The van der Waals surface area contributed by atoms with Crippen molar-refractivity contribution in [3.05, 3.63) is 41.5 Å². The van der Waals surface area contributed by atoms with E-state index in [2.05, 4.69) is 20.7 Å². The average molecular weight is 315 g/mol. The van der Waals surface area contributed by atoms with Crippen LogP contribution in [-0.2, 0) is 18.3 Å². The number of H-pyrrole nitrogens is 1. The number of carbonyl (C=O) groups is 2. The van der Waals surface area contributed by atoms with Crippen LogP contribution in [0.5, 0.6) is 0 Å². The Hall–Kier alpha value is -2.57. The zero-order valence-corrected chi connectivity index (χ0v) is 13.3. The van der Waals surface area contributed by atoms with E-state index in [4.69, 9.17) is 0 Å². The second-order valence-electron chi connectivity index (χ2n) is 5.77. The molecule has 0 aromatic carbocycles. The van der Waals surface area contributed by atoms with E-state index < -0.39 is 0 Å². The summed E-state index contributed by atoms with van der Waals surface area (Å²) in [7, 11) is 1.83. The molecule has 1 aliphatic rings. The van der Waals surface area contributed by atoms with Gasteiger partial charge in [0.05, 0.1) is 23.3 Å². The number of nitrogens with zero attached hydrogens (tertiary/aromatic N) is 2. The van der Waals surface area contributed by atoms with E-state index >= 15 is 0 Å². The van der Waals surface area contributed by atoms with Crippen molar-refractivity contribution in [1.82, 2.24) is 25.4 Å². The summed E-state index contributed by atoms with van der Waals surface area (Å²) < 4.78 is 1.73. The van der Waals surface area contributed by atoms with Crippen molar-refractivity contribution in [2.45, 2.75) is 38.3 Å². The third-order valence-electron chi connectivity index (χ3n) is 4.33. The number of aryl methyl sites for hydroxylation is 2. The van der Waals surface area contributed by atoms with Gasteiger partial charge in [-0.3, -0.25) is 14.3 Å². The molecular weight excluding hydrogens is 294 g/mol. The number of carbonyl (C=O) groups excluding carboxylic acids is 2. The molecule has 7 nitrogen and oxygen atoms in total. The van der Waals surface area contributed by atoms with Crippen LogP contribution in [0.2, 0.25) is 0 Å². The van der Waals surface area contributed by atoms with Gasteiger partial charge in [-0.15, -0.1) is 0 Å². The first-order chi connectivity index (χ1) is 11.1. The molecule has 1 aliphatic heterocycles. The molecule has 0 radical (unpaired) electrons. The van der Waals surface area contributed by atoms with Crippen LogP contribution in [0.4, 0.5) is 0 Å². The predicted molar refractivity (Wildman–Crippen MR) is 84.8 cm³/mol. The molecule has 3 heterocycles. The van der Waals surface area contributed by atoms with Crippen LogP contribution in [0.25, 0.3) is 0 Å². The minimum absolute atomic E-state index is 0.00223. The molecule has 3 N–H and O–H groups in total. The SMILES string of the molecule is CCc1[nH]ccc1C(=O)N[C@@H]1CCC(=O)N[C@H]1c1ccnn1C. The quantitative estimate of drug-likeness (QED) is 0.788. The van der Waals surface area contributed by atoms with Gasteiger partial charge in [-0.1, -0.05) is 6.92 Å². The van der Waals surface area contributed by atoms with Crippen molar-refractivity contribution < 1.29 is 9.59 Å². The number of hydrogen-bond donors (Lipinski definition) is 3. The first-order valence-electron chi connectivity index (χ1n) is 7.84.